The third-order valence-corrected chi connectivity index (χ3v) is 4.14. The van der Waals surface area contributed by atoms with Gasteiger partial charge in [0.25, 0.3) is 0 Å². The van der Waals surface area contributed by atoms with Gasteiger partial charge < -0.3 is 15.2 Å². The molecular weight excluding hydrogens is 318 g/mol. The molecule has 0 radical (unpaired) electrons. The lowest BCUT2D eigenvalue weighted by atomic mass is 10.2. The van der Waals surface area contributed by atoms with Crippen LogP contribution in [-0.4, -0.2) is 38.8 Å². The number of alkyl carbamates (subject to hydrolysis) is 1. The summed E-state index contributed by atoms with van der Waals surface area (Å²) in [4.78, 5) is 22.8. The Morgan fingerprint density at radius 1 is 1.26 bits per heavy atom. The van der Waals surface area contributed by atoms with Crippen LogP contribution in [0.5, 0.6) is 0 Å². The van der Waals surface area contributed by atoms with Crippen molar-refractivity contribution in [3.63, 3.8) is 0 Å². The van der Waals surface area contributed by atoms with E-state index in [1.54, 1.807) is 20.8 Å². The quantitative estimate of drug-likeness (QED) is 0.794. The maximum Gasteiger partial charge on any atom is 0.408 e. The molecule has 6 nitrogen and oxygen atoms in total. The van der Waals surface area contributed by atoms with Gasteiger partial charge in [0.2, 0.25) is 0 Å². The number of hydrogen-bond donors (Lipinski definition) is 2. The number of amides is 1. The van der Waals surface area contributed by atoms with Crippen molar-refractivity contribution in [2.75, 3.05) is 5.75 Å². The van der Waals surface area contributed by atoms with Crippen molar-refractivity contribution < 1.29 is 23.6 Å². The summed E-state index contributed by atoms with van der Waals surface area (Å²) in [5.41, 5.74) is 0.223. The highest BCUT2D eigenvalue weighted by Gasteiger charge is 2.24. The van der Waals surface area contributed by atoms with Crippen molar-refractivity contribution in [3.8, 4) is 0 Å². The van der Waals surface area contributed by atoms with E-state index in [1.165, 1.54) is 0 Å². The predicted octanol–water partition coefficient (Wildman–Crippen LogP) is 2.30. The van der Waals surface area contributed by atoms with Gasteiger partial charge in [-0.15, -0.1) is 0 Å². The minimum Gasteiger partial charge on any atom is -0.480 e. The first-order chi connectivity index (χ1) is 10.7. The van der Waals surface area contributed by atoms with Gasteiger partial charge in [-0.1, -0.05) is 30.3 Å². The largest absolute Gasteiger partial charge is 0.480 e. The Kier molecular flexibility index (Phi) is 7.22. The first-order valence-corrected chi connectivity index (χ1v) is 8.77. The molecule has 0 spiro atoms. The molecule has 0 aromatic heterocycles. The van der Waals surface area contributed by atoms with E-state index in [9.17, 15) is 13.8 Å². The summed E-state index contributed by atoms with van der Waals surface area (Å²) >= 11 is 0. The third-order valence-electron chi connectivity index (χ3n) is 2.79. The van der Waals surface area contributed by atoms with E-state index in [0.29, 0.717) is 5.75 Å². The Hall–Kier alpha value is -1.89. The second-order valence-electron chi connectivity index (χ2n) is 6.10. The van der Waals surface area contributed by atoms with Crippen LogP contribution < -0.4 is 5.32 Å². The second kappa shape index (κ2) is 8.67. The number of ether oxygens (including phenoxy) is 1. The molecule has 1 amide bonds. The number of carbonyl (C=O) groups excluding carboxylic acids is 1. The van der Waals surface area contributed by atoms with Crippen molar-refractivity contribution in [2.24, 2.45) is 0 Å². The molecule has 2 atom stereocenters. The number of benzene rings is 1. The standard InChI is InChI=1S/C16H23NO5S/c1-16(2,3)22-15(20)17-13(14(18)19)9-10-23(21)11-12-7-5-4-6-8-12/h4-8,13H,9-11H2,1-3H3,(H,17,20)(H,18,19)/t13-,23?/m1/s1. The maximum atomic E-state index is 12.0. The molecule has 0 saturated heterocycles. The number of hydrogen-bond acceptors (Lipinski definition) is 4. The number of aliphatic carboxylic acids is 1. The average molecular weight is 341 g/mol. The molecule has 1 aromatic carbocycles. The zero-order chi connectivity index (χ0) is 17.5. The van der Waals surface area contributed by atoms with Crippen LogP contribution in [0.1, 0.15) is 32.8 Å². The molecule has 0 saturated carbocycles. The number of rotatable bonds is 7. The minimum atomic E-state index is -1.20. The Labute approximate surface area is 138 Å². The van der Waals surface area contributed by atoms with Crippen molar-refractivity contribution in [3.05, 3.63) is 35.9 Å². The molecule has 0 bridgehead atoms. The lowest BCUT2D eigenvalue weighted by Gasteiger charge is -2.21. The summed E-state index contributed by atoms with van der Waals surface area (Å²) in [6, 6.07) is 8.20. The van der Waals surface area contributed by atoms with Crippen LogP contribution in [0.25, 0.3) is 0 Å². The molecule has 1 rings (SSSR count). The Balaban J connectivity index is 2.48. The Morgan fingerprint density at radius 2 is 1.87 bits per heavy atom. The molecule has 2 N–H and O–H groups in total. The van der Waals surface area contributed by atoms with Crippen LogP contribution in [0.4, 0.5) is 4.79 Å². The summed E-state index contributed by atoms with van der Waals surface area (Å²) in [5.74, 6) is -0.631. The van der Waals surface area contributed by atoms with Crippen molar-refractivity contribution in [1.82, 2.24) is 5.32 Å². The van der Waals surface area contributed by atoms with Gasteiger partial charge in [0.05, 0.1) is 0 Å². The fraction of sp³-hybridized carbons (Fsp3) is 0.500. The van der Waals surface area contributed by atoms with Crippen LogP contribution in [0.3, 0.4) is 0 Å². The average Bonchev–Trinajstić information content (AvgIpc) is 2.42. The molecule has 128 valence electrons. The lowest BCUT2D eigenvalue weighted by Crippen LogP contribution is -2.44. The number of carbonyl (C=O) groups is 2. The molecular formula is C16H23NO5S. The van der Waals surface area contributed by atoms with E-state index in [2.05, 4.69) is 5.32 Å². The molecule has 1 unspecified atom stereocenters. The van der Waals surface area contributed by atoms with Gasteiger partial charge in [-0.3, -0.25) is 4.21 Å². The molecule has 0 aliphatic heterocycles. The second-order valence-corrected chi connectivity index (χ2v) is 7.68. The summed E-state index contributed by atoms with van der Waals surface area (Å²) in [5, 5.41) is 11.5. The zero-order valence-corrected chi connectivity index (χ0v) is 14.4. The smallest absolute Gasteiger partial charge is 0.408 e. The monoisotopic (exact) mass is 341 g/mol. The molecule has 7 heteroatoms. The number of carboxylic acids is 1. The fourth-order valence-corrected chi connectivity index (χ4v) is 3.00. The van der Waals surface area contributed by atoms with Crippen molar-refractivity contribution in [1.29, 1.82) is 0 Å². The van der Waals surface area contributed by atoms with Gasteiger partial charge in [-0.25, -0.2) is 9.59 Å². The Morgan fingerprint density at radius 3 is 2.39 bits per heavy atom. The van der Waals surface area contributed by atoms with E-state index in [0.717, 1.165) is 5.56 Å². The van der Waals surface area contributed by atoms with Gasteiger partial charge in [0.1, 0.15) is 11.6 Å². The summed E-state index contributed by atoms with van der Waals surface area (Å²) in [6.45, 7) is 5.08. The highest BCUT2D eigenvalue weighted by atomic mass is 32.2. The minimum absolute atomic E-state index is 0.0774. The number of nitrogens with one attached hydrogen (secondary N) is 1. The molecule has 0 fully saturated rings. The fourth-order valence-electron chi connectivity index (χ4n) is 1.79. The van der Waals surface area contributed by atoms with Gasteiger partial charge in [0.15, 0.2) is 0 Å². The number of carboxylic acid groups (broad SMARTS) is 1. The van der Waals surface area contributed by atoms with Crippen LogP contribution in [0.15, 0.2) is 30.3 Å². The van der Waals surface area contributed by atoms with Crippen molar-refractivity contribution >= 4 is 22.9 Å². The maximum absolute atomic E-state index is 12.0. The summed E-state index contributed by atoms with van der Waals surface area (Å²) < 4.78 is 17.1. The van der Waals surface area contributed by atoms with Gasteiger partial charge in [-0.2, -0.15) is 0 Å². The highest BCUT2D eigenvalue weighted by molar-refractivity contribution is 7.84. The van der Waals surface area contributed by atoms with Crippen LogP contribution in [-0.2, 0) is 26.1 Å². The highest BCUT2D eigenvalue weighted by Crippen LogP contribution is 2.08. The van der Waals surface area contributed by atoms with E-state index >= 15 is 0 Å². The third kappa shape index (κ3) is 8.35. The zero-order valence-electron chi connectivity index (χ0n) is 13.6. The molecule has 0 heterocycles. The van der Waals surface area contributed by atoms with Gasteiger partial charge in [-0.05, 0) is 32.8 Å². The Bertz CT molecular complexity index is 553. The van der Waals surface area contributed by atoms with Crippen LogP contribution >= 0.6 is 0 Å². The molecule has 23 heavy (non-hydrogen) atoms. The summed E-state index contributed by atoms with van der Waals surface area (Å²) in [7, 11) is -1.20. The normalized spacial score (nSPS) is 13.9. The predicted molar refractivity (Wildman–Crippen MR) is 88.6 cm³/mol. The molecule has 1 aromatic rings. The molecule has 0 aliphatic rings. The summed E-state index contributed by atoms with van der Waals surface area (Å²) in [6.07, 6.45) is -0.715. The van der Waals surface area contributed by atoms with E-state index in [-0.39, 0.29) is 12.2 Å². The van der Waals surface area contributed by atoms with E-state index in [1.807, 2.05) is 30.3 Å². The van der Waals surface area contributed by atoms with Crippen LogP contribution in [0.2, 0.25) is 0 Å². The topological polar surface area (TPSA) is 92.7 Å². The van der Waals surface area contributed by atoms with Crippen LogP contribution in [0, 0.1) is 0 Å². The van der Waals surface area contributed by atoms with E-state index < -0.39 is 34.5 Å². The molecule has 0 aliphatic carbocycles. The van der Waals surface area contributed by atoms with Gasteiger partial charge in [0, 0.05) is 22.3 Å². The van der Waals surface area contributed by atoms with Crippen molar-refractivity contribution in [2.45, 2.75) is 44.6 Å². The van der Waals surface area contributed by atoms with E-state index in [4.69, 9.17) is 9.84 Å². The lowest BCUT2D eigenvalue weighted by molar-refractivity contribution is -0.139. The first kappa shape index (κ1) is 19.2. The SMILES string of the molecule is CC(C)(C)OC(=O)N[C@H](CCS(=O)Cc1ccccc1)C(=O)O. The van der Waals surface area contributed by atoms with Gasteiger partial charge >= 0.3 is 12.1 Å². The first-order valence-electron chi connectivity index (χ1n) is 7.28.